The SMILES string of the molecule is Cc1ccccc1-n1cccc1[C@H]1[C@@H](c2ccccn2)NC(=S)N1CCC(=O)Nc1ccccc1. The molecule has 1 amide bonds. The van der Waals surface area contributed by atoms with Gasteiger partial charge < -0.3 is 20.1 Å². The van der Waals surface area contributed by atoms with E-state index in [9.17, 15) is 4.79 Å². The summed E-state index contributed by atoms with van der Waals surface area (Å²) in [7, 11) is 0. The predicted molar refractivity (Wildman–Crippen MR) is 142 cm³/mol. The molecule has 0 bridgehead atoms. The van der Waals surface area contributed by atoms with Crippen molar-refractivity contribution in [2.45, 2.75) is 25.4 Å². The molecule has 0 saturated carbocycles. The minimum absolute atomic E-state index is 0.0478. The van der Waals surface area contributed by atoms with Crippen molar-refractivity contribution in [3.63, 3.8) is 0 Å². The van der Waals surface area contributed by atoms with Gasteiger partial charge in [0.15, 0.2) is 5.11 Å². The summed E-state index contributed by atoms with van der Waals surface area (Å²) in [6.07, 6.45) is 4.19. The zero-order chi connectivity index (χ0) is 24.2. The molecule has 4 aromatic rings. The third-order valence-electron chi connectivity index (χ3n) is 6.29. The summed E-state index contributed by atoms with van der Waals surface area (Å²) in [5.74, 6) is -0.0478. The highest BCUT2D eigenvalue weighted by Gasteiger charge is 2.41. The van der Waals surface area contributed by atoms with Gasteiger partial charge in [0.05, 0.1) is 17.8 Å². The molecule has 1 aliphatic rings. The Morgan fingerprint density at radius 2 is 1.77 bits per heavy atom. The molecule has 2 N–H and O–H groups in total. The van der Waals surface area contributed by atoms with E-state index >= 15 is 0 Å². The number of para-hydroxylation sites is 2. The molecular weight excluding hydrogens is 454 g/mol. The maximum Gasteiger partial charge on any atom is 0.226 e. The van der Waals surface area contributed by atoms with E-state index in [-0.39, 0.29) is 18.0 Å². The molecular formula is C28H27N5OS. The number of nitrogens with one attached hydrogen (secondary N) is 2. The first-order valence-corrected chi connectivity index (χ1v) is 12.1. The van der Waals surface area contributed by atoms with Gasteiger partial charge in [0.1, 0.15) is 0 Å². The molecule has 2 aromatic carbocycles. The molecule has 2 aromatic heterocycles. The van der Waals surface area contributed by atoms with Crippen molar-refractivity contribution in [3.8, 4) is 5.69 Å². The quantitative estimate of drug-likeness (QED) is 0.356. The molecule has 6 nitrogen and oxygen atoms in total. The molecule has 1 fully saturated rings. The van der Waals surface area contributed by atoms with Crippen LogP contribution in [0.2, 0.25) is 0 Å². The monoisotopic (exact) mass is 481 g/mol. The van der Waals surface area contributed by atoms with Crippen molar-refractivity contribution in [2.24, 2.45) is 0 Å². The number of rotatable bonds is 7. The second-order valence-electron chi connectivity index (χ2n) is 8.57. The fourth-order valence-electron chi connectivity index (χ4n) is 4.62. The maximum absolute atomic E-state index is 12.7. The zero-order valence-electron chi connectivity index (χ0n) is 19.5. The Morgan fingerprint density at radius 3 is 2.54 bits per heavy atom. The molecule has 0 spiro atoms. The normalized spacial score (nSPS) is 17.3. The van der Waals surface area contributed by atoms with Crippen LogP contribution in [0.5, 0.6) is 0 Å². The molecule has 1 saturated heterocycles. The Bertz CT molecular complexity index is 1320. The molecule has 35 heavy (non-hydrogen) atoms. The van der Waals surface area contributed by atoms with Crippen LogP contribution in [-0.2, 0) is 4.79 Å². The highest BCUT2D eigenvalue weighted by Crippen LogP contribution is 2.39. The Balaban J connectivity index is 1.46. The average molecular weight is 482 g/mol. The van der Waals surface area contributed by atoms with E-state index in [1.807, 2.05) is 60.7 Å². The van der Waals surface area contributed by atoms with Crippen LogP contribution in [-0.4, -0.2) is 32.0 Å². The van der Waals surface area contributed by atoms with E-state index in [0.29, 0.717) is 18.1 Å². The summed E-state index contributed by atoms with van der Waals surface area (Å²) in [5, 5.41) is 7.07. The molecule has 3 heterocycles. The minimum Gasteiger partial charge on any atom is -0.352 e. The van der Waals surface area contributed by atoms with E-state index in [2.05, 4.69) is 62.5 Å². The lowest BCUT2D eigenvalue weighted by Gasteiger charge is -2.29. The zero-order valence-corrected chi connectivity index (χ0v) is 20.3. The molecule has 0 radical (unpaired) electrons. The number of anilines is 1. The lowest BCUT2D eigenvalue weighted by Crippen LogP contribution is -2.33. The van der Waals surface area contributed by atoms with Gasteiger partial charge in [-0.3, -0.25) is 9.78 Å². The number of hydrogen-bond donors (Lipinski definition) is 2. The van der Waals surface area contributed by atoms with Crippen molar-refractivity contribution in [2.75, 3.05) is 11.9 Å². The topological polar surface area (TPSA) is 62.2 Å². The largest absolute Gasteiger partial charge is 0.352 e. The van der Waals surface area contributed by atoms with Gasteiger partial charge >= 0.3 is 0 Å². The van der Waals surface area contributed by atoms with Gasteiger partial charge in [-0.25, -0.2) is 0 Å². The van der Waals surface area contributed by atoms with Crippen LogP contribution in [0.15, 0.2) is 97.3 Å². The first-order chi connectivity index (χ1) is 17.1. The van der Waals surface area contributed by atoms with Crippen LogP contribution in [0.4, 0.5) is 5.69 Å². The highest BCUT2D eigenvalue weighted by molar-refractivity contribution is 7.80. The van der Waals surface area contributed by atoms with Crippen molar-refractivity contribution in [1.29, 1.82) is 0 Å². The van der Waals surface area contributed by atoms with Crippen molar-refractivity contribution in [3.05, 3.63) is 114 Å². The smallest absolute Gasteiger partial charge is 0.226 e. The number of aromatic nitrogens is 2. The van der Waals surface area contributed by atoms with Gasteiger partial charge in [0.2, 0.25) is 5.91 Å². The Labute approximate surface area is 210 Å². The first-order valence-electron chi connectivity index (χ1n) is 11.7. The van der Waals surface area contributed by atoms with Crippen molar-refractivity contribution >= 4 is 28.9 Å². The van der Waals surface area contributed by atoms with Gasteiger partial charge in [-0.2, -0.15) is 0 Å². The van der Waals surface area contributed by atoms with Gasteiger partial charge in [0, 0.05) is 42.4 Å². The van der Waals surface area contributed by atoms with E-state index in [1.165, 1.54) is 5.56 Å². The predicted octanol–water partition coefficient (Wildman–Crippen LogP) is 5.18. The van der Waals surface area contributed by atoms with Gasteiger partial charge in [-0.15, -0.1) is 0 Å². The van der Waals surface area contributed by atoms with Crippen LogP contribution < -0.4 is 10.6 Å². The summed E-state index contributed by atoms with van der Waals surface area (Å²) in [6.45, 7) is 2.59. The maximum atomic E-state index is 12.7. The summed E-state index contributed by atoms with van der Waals surface area (Å²) in [5.41, 5.74) is 5.09. The highest BCUT2D eigenvalue weighted by atomic mass is 32.1. The molecule has 1 aliphatic heterocycles. The van der Waals surface area contributed by atoms with Crippen LogP contribution in [0.1, 0.15) is 35.5 Å². The van der Waals surface area contributed by atoms with E-state index in [1.54, 1.807) is 6.20 Å². The standard InChI is InChI=1S/C28H27N5OS/c1-20-10-5-6-14-23(20)32-18-9-15-24(32)27-26(22-13-7-8-17-29-22)31-28(35)33(27)19-16-25(34)30-21-11-3-2-4-12-21/h2-15,17-18,26-27H,16,19H2,1H3,(H,30,34)(H,31,35)/t26-,27+/m1/s1. The second-order valence-corrected chi connectivity index (χ2v) is 8.96. The first kappa shape index (κ1) is 22.8. The summed E-state index contributed by atoms with van der Waals surface area (Å²) in [4.78, 5) is 19.5. The number of nitrogens with zero attached hydrogens (tertiary/aromatic N) is 3. The van der Waals surface area contributed by atoms with Gasteiger partial charge in [-0.1, -0.05) is 42.5 Å². The van der Waals surface area contributed by atoms with E-state index in [0.717, 1.165) is 22.8 Å². The van der Waals surface area contributed by atoms with Crippen LogP contribution in [0.25, 0.3) is 5.69 Å². The third-order valence-corrected chi connectivity index (χ3v) is 6.65. The van der Waals surface area contributed by atoms with E-state index in [4.69, 9.17) is 12.2 Å². The number of hydrogen-bond acceptors (Lipinski definition) is 3. The summed E-state index contributed by atoms with van der Waals surface area (Å²) in [6, 6.07) is 27.6. The molecule has 0 aliphatic carbocycles. The molecule has 7 heteroatoms. The van der Waals surface area contributed by atoms with Gasteiger partial charge in [-0.05, 0) is 67.2 Å². The number of amides is 1. The fourth-order valence-corrected chi connectivity index (χ4v) is 4.95. The number of carbonyl (C=O) groups is 1. The van der Waals surface area contributed by atoms with Crippen LogP contribution in [0.3, 0.4) is 0 Å². The second kappa shape index (κ2) is 10.1. The number of pyridine rings is 1. The molecule has 0 unspecified atom stereocenters. The molecule has 5 rings (SSSR count). The van der Waals surface area contributed by atoms with Crippen molar-refractivity contribution in [1.82, 2.24) is 19.8 Å². The molecule has 2 atom stereocenters. The van der Waals surface area contributed by atoms with Crippen LogP contribution >= 0.6 is 12.2 Å². The Hall–Kier alpha value is -3.97. The van der Waals surface area contributed by atoms with Crippen molar-refractivity contribution < 1.29 is 4.79 Å². The Kier molecular flexibility index (Phi) is 6.59. The van der Waals surface area contributed by atoms with Gasteiger partial charge in [0.25, 0.3) is 0 Å². The minimum atomic E-state index is -0.140. The summed E-state index contributed by atoms with van der Waals surface area (Å²) < 4.78 is 2.21. The number of carbonyl (C=O) groups excluding carboxylic acids is 1. The Morgan fingerprint density at radius 1 is 1.00 bits per heavy atom. The lowest BCUT2D eigenvalue weighted by atomic mass is 10.0. The van der Waals surface area contributed by atoms with E-state index < -0.39 is 0 Å². The summed E-state index contributed by atoms with van der Waals surface area (Å²) >= 11 is 5.78. The fraction of sp³-hybridized carbons (Fsp3) is 0.179. The van der Waals surface area contributed by atoms with Crippen LogP contribution in [0, 0.1) is 6.92 Å². The number of benzene rings is 2. The number of aryl methyl sites for hydroxylation is 1. The average Bonchev–Trinajstić information content (AvgIpc) is 3.48. The molecule has 176 valence electrons. The number of thiocarbonyl (C=S) groups is 1. The third kappa shape index (κ3) is 4.81. The lowest BCUT2D eigenvalue weighted by molar-refractivity contribution is -0.116.